The van der Waals surface area contributed by atoms with E-state index in [-0.39, 0.29) is 23.0 Å². The molecular formula is C15H21N3O4S. The summed E-state index contributed by atoms with van der Waals surface area (Å²) in [7, 11) is -3.61. The van der Waals surface area contributed by atoms with Gasteiger partial charge in [-0.2, -0.15) is 0 Å². The minimum Gasteiger partial charge on any atom is -0.296 e. The lowest BCUT2D eigenvalue weighted by molar-refractivity contribution is -0.385. The molecule has 2 unspecified atom stereocenters. The summed E-state index contributed by atoms with van der Waals surface area (Å²) in [5.41, 5.74) is 0.0624. The largest absolute Gasteiger partial charge is 0.296 e. The summed E-state index contributed by atoms with van der Waals surface area (Å²) in [5, 5.41) is 11.0. The smallest absolute Gasteiger partial charge is 0.273 e. The number of likely N-dealkylation sites (tertiary alicyclic amines) is 1. The van der Waals surface area contributed by atoms with Crippen LogP contribution in [0.4, 0.5) is 5.69 Å². The molecule has 0 spiro atoms. The molecule has 1 saturated heterocycles. The van der Waals surface area contributed by atoms with E-state index in [4.69, 9.17) is 0 Å². The summed E-state index contributed by atoms with van der Waals surface area (Å²) in [5.74, 6) is -0.363. The molecule has 2 aliphatic rings. The maximum atomic E-state index is 12.4. The van der Waals surface area contributed by atoms with Crippen LogP contribution in [0, 0.1) is 10.1 Å². The van der Waals surface area contributed by atoms with E-state index in [2.05, 4.69) is 16.5 Å². The topological polar surface area (TPSA) is 92.5 Å². The molecule has 2 atom stereocenters. The fourth-order valence-corrected chi connectivity index (χ4v) is 4.78. The first-order chi connectivity index (χ1) is 10.9. The first kappa shape index (κ1) is 16.4. The predicted octanol–water partition coefficient (Wildman–Crippen LogP) is 1.64. The Morgan fingerprint density at radius 3 is 2.70 bits per heavy atom. The molecule has 1 aliphatic carbocycles. The second-order valence-corrected chi connectivity index (χ2v) is 8.23. The lowest BCUT2D eigenvalue weighted by Gasteiger charge is -2.19. The van der Waals surface area contributed by atoms with Crippen molar-refractivity contribution in [2.24, 2.45) is 0 Å². The molecule has 0 bridgehead atoms. The van der Waals surface area contributed by atoms with Crippen molar-refractivity contribution in [1.82, 2.24) is 9.62 Å². The summed E-state index contributed by atoms with van der Waals surface area (Å²) >= 11 is 0. The molecule has 23 heavy (non-hydrogen) atoms. The van der Waals surface area contributed by atoms with E-state index in [1.54, 1.807) is 6.07 Å². The summed E-state index contributed by atoms with van der Waals surface area (Å²) in [4.78, 5) is 12.8. The minimum absolute atomic E-state index is 0.113. The van der Waals surface area contributed by atoms with E-state index < -0.39 is 14.9 Å². The van der Waals surface area contributed by atoms with Gasteiger partial charge in [-0.25, -0.2) is 13.1 Å². The molecule has 0 radical (unpaired) electrons. The fraction of sp³-hybridized carbons (Fsp3) is 0.600. The van der Waals surface area contributed by atoms with Crippen LogP contribution in [0.1, 0.15) is 31.7 Å². The van der Waals surface area contributed by atoms with Crippen molar-refractivity contribution in [1.29, 1.82) is 0 Å². The number of hydrogen-bond donors (Lipinski definition) is 1. The van der Waals surface area contributed by atoms with Gasteiger partial charge in [-0.15, -0.1) is 0 Å². The molecule has 0 aromatic heterocycles. The Morgan fingerprint density at radius 1 is 1.35 bits per heavy atom. The number of benzene rings is 1. The molecule has 1 heterocycles. The van der Waals surface area contributed by atoms with Crippen molar-refractivity contribution in [3.05, 3.63) is 39.9 Å². The number of nitro groups is 1. The average molecular weight is 339 g/mol. The van der Waals surface area contributed by atoms with E-state index >= 15 is 0 Å². The quantitative estimate of drug-likeness (QED) is 0.628. The summed E-state index contributed by atoms with van der Waals surface area (Å²) in [6.45, 7) is 2.84. The number of sulfonamides is 1. The number of nitrogens with zero attached hydrogens (tertiary/aromatic N) is 2. The number of rotatable bonds is 6. The highest BCUT2D eigenvalue weighted by Crippen LogP contribution is 2.33. The zero-order valence-electron chi connectivity index (χ0n) is 13.0. The van der Waals surface area contributed by atoms with Crippen LogP contribution in [0.25, 0.3) is 0 Å². The van der Waals surface area contributed by atoms with Gasteiger partial charge in [0.1, 0.15) is 0 Å². The van der Waals surface area contributed by atoms with Gasteiger partial charge in [-0.05, 0) is 26.2 Å². The van der Waals surface area contributed by atoms with Gasteiger partial charge in [-0.3, -0.25) is 15.0 Å². The first-order valence-electron chi connectivity index (χ1n) is 7.84. The molecular weight excluding hydrogens is 318 g/mol. The predicted molar refractivity (Wildman–Crippen MR) is 86.5 cm³/mol. The highest BCUT2D eigenvalue weighted by molar-refractivity contribution is 7.88. The Balaban J connectivity index is 1.67. The molecule has 1 saturated carbocycles. The Labute approximate surface area is 135 Å². The van der Waals surface area contributed by atoms with Gasteiger partial charge in [0, 0.05) is 36.3 Å². The first-order valence-corrected chi connectivity index (χ1v) is 9.49. The van der Waals surface area contributed by atoms with Crippen LogP contribution in [0.2, 0.25) is 0 Å². The molecule has 2 fully saturated rings. The van der Waals surface area contributed by atoms with Crippen LogP contribution in [-0.2, 0) is 15.8 Å². The molecule has 126 valence electrons. The van der Waals surface area contributed by atoms with Crippen LogP contribution in [0.5, 0.6) is 0 Å². The third kappa shape index (κ3) is 3.88. The normalized spacial score (nSPS) is 25.6. The van der Waals surface area contributed by atoms with Crippen molar-refractivity contribution in [3.8, 4) is 0 Å². The van der Waals surface area contributed by atoms with Crippen molar-refractivity contribution in [2.75, 3.05) is 6.54 Å². The van der Waals surface area contributed by atoms with Crippen molar-refractivity contribution < 1.29 is 13.3 Å². The summed E-state index contributed by atoms with van der Waals surface area (Å²) in [6.07, 6.45) is 3.17. The minimum atomic E-state index is -3.61. The molecule has 0 amide bonds. The van der Waals surface area contributed by atoms with Gasteiger partial charge in [0.25, 0.3) is 5.69 Å². The van der Waals surface area contributed by atoms with Crippen molar-refractivity contribution in [2.45, 2.75) is 50.1 Å². The van der Waals surface area contributed by atoms with E-state index in [1.807, 2.05) is 0 Å². The lowest BCUT2D eigenvalue weighted by Crippen LogP contribution is -2.38. The Morgan fingerprint density at radius 2 is 2.04 bits per heavy atom. The van der Waals surface area contributed by atoms with Gasteiger partial charge in [0.15, 0.2) is 0 Å². The second kappa shape index (κ2) is 6.18. The monoisotopic (exact) mass is 339 g/mol. The Hall–Kier alpha value is -1.51. The van der Waals surface area contributed by atoms with Crippen molar-refractivity contribution >= 4 is 15.7 Å². The number of nitrogens with one attached hydrogen (secondary N) is 1. The highest BCUT2D eigenvalue weighted by Gasteiger charge is 2.39. The van der Waals surface area contributed by atoms with Crippen molar-refractivity contribution in [3.63, 3.8) is 0 Å². The van der Waals surface area contributed by atoms with Gasteiger partial charge >= 0.3 is 0 Å². The standard InChI is InChI=1S/C15H21N3O4S/c1-11-8-13(9-17(11)14-6-7-14)16-23(21,22)10-12-4-2-3-5-15(12)18(19)20/h2-5,11,13-14,16H,6-10H2,1H3. The maximum Gasteiger partial charge on any atom is 0.273 e. The maximum absolute atomic E-state index is 12.4. The Bertz CT molecular complexity index is 702. The number of nitro benzene ring substituents is 1. The SMILES string of the molecule is CC1CC(NS(=O)(=O)Cc2ccccc2[N+](=O)[O-])CN1C1CC1. The zero-order valence-corrected chi connectivity index (χ0v) is 13.8. The van der Waals surface area contributed by atoms with Gasteiger partial charge in [-0.1, -0.05) is 18.2 Å². The summed E-state index contributed by atoms with van der Waals surface area (Å²) in [6, 6.07) is 6.84. The molecule has 1 aromatic rings. The van der Waals surface area contributed by atoms with Crippen LogP contribution in [0.3, 0.4) is 0 Å². The van der Waals surface area contributed by atoms with Gasteiger partial charge < -0.3 is 0 Å². The number of para-hydroxylation sites is 1. The number of hydrogen-bond acceptors (Lipinski definition) is 5. The molecule has 3 rings (SSSR count). The third-order valence-electron chi connectivity index (χ3n) is 4.52. The van der Waals surface area contributed by atoms with E-state index in [1.165, 1.54) is 31.0 Å². The second-order valence-electron chi connectivity index (χ2n) is 6.47. The molecule has 1 aliphatic heterocycles. The highest BCUT2D eigenvalue weighted by atomic mass is 32.2. The zero-order chi connectivity index (χ0) is 16.6. The van der Waals surface area contributed by atoms with Crippen LogP contribution >= 0.6 is 0 Å². The van der Waals surface area contributed by atoms with Crippen LogP contribution in [-0.4, -0.2) is 42.9 Å². The van der Waals surface area contributed by atoms with Gasteiger partial charge in [0.2, 0.25) is 10.0 Å². The third-order valence-corrected chi connectivity index (χ3v) is 5.90. The fourth-order valence-electron chi connectivity index (χ4n) is 3.37. The average Bonchev–Trinajstić information content (AvgIpc) is 3.23. The van der Waals surface area contributed by atoms with E-state index in [9.17, 15) is 18.5 Å². The van der Waals surface area contributed by atoms with Gasteiger partial charge in [0.05, 0.1) is 10.7 Å². The Kier molecular flexibility index (Phi) is 4.39. The molecule has 8 heteroatoms. The van der Waals surface area contributed by atoms with Crippen LogP contribution < -0.4 is 4.72 Å². The molecule has 1 N–H and O–H groups in total. The molecule has 1 aromatic carbocycles. The lowest BCUT2D eigenvalue weighted by atomic mass is 10.2. The van der Waals surface area contributed by atoms with Crippen LogP contribution in [0.15, 0.2) is 24.3 Å². The molecule has 7 nitrogen and oxygen atoms in total. The van der Waals surface area contributed by atoms with E-state index in [0.717, 1.165) is 13.0 Å². The summed E-state index contributed by atoms with van der Waals surface area (Å²) < 4.78 is 27.5. The van der Waals surface area contributed by atoms with E-state index in [0.29, 0.717) is 12.1 Å².